The first kappa shape index (κ1) is 12.8. The molecule has 1 rings (SSSR count). The van der Waals surface area contributed by atoms with Gasteiger partial charge in [-0.1, -0.05) is 31.4 Å². The minimum absolute atomic E-state index is 0.212. The van der Waals surface area contributed by atoms with Crippen LogP contribution in [0.2, 0.25) is 5.02 Å². The van der Waals surface area contributed by atoms with E-state index in [-0.39, 0.29) is 5.56 Å². The fraction of sp³-hybridized carbons (Fsp3) is 0.417. The monoisotopic (exact) mass is 241 g/mol. The Morgan fingerprint density at radius 2 is 2.19 bits per heavy atom. The molecular formula is C12H16ClNO2. The summed E-state index contributed by atoms with van der Waals surface area (Å²) < 4.78 is 0. The summed E-state index contributed by atoms with van der Waals surface area (Å²) >= 11 is 5.96. The quantitative estimate of drug-likeness (QED) is 0.748. The molecule has 0 fully saturated rings. The molecule has 0 radical (unpaired) electrons. The number of unbranched alkanes of at least 4 members (excludes halogenated alkanes) is 2. The van der Waals surface area contributed by atoms with Crippen LogP contribution in [0.5, 0.6) is 0 Å². The van der Waals surface area contributed by atoms with Crippen LogP contribution in [0.1, 0.15) is 36.5 Å². The second kappa shape index (κ2) is 6.38. The number of carboxylic acids is 1. The molecule has 0 atom stereocenters. The zero-order valence-corrected chi connectivity index (χ0v) is 10.0. The van der Waals surface area contributed by atoms with E-state index >= 15 is 0 Å². The van der Waals surface area contributed by atoms with Crippen LogP contribution < -0.4 is 5.32 Å². The van der Waals surface area contributed by atoms with Gasteiger partial charge in [-0.3, -0.25) is 0 Å². The average molecular weight is 242 g/mol. The number of anilines is 1. The molecule has 0 aromatic heterocycles. The van der Waals surface area contributed by atoms with Gasteiger partial charge in [-0.25, -0.2) is 4.79 Å². The number of hydrogen-bond donors (Lipinski definition) is 2. The van der Waals surface area contributed by atoms with Crippen molar-refractivity contribution in [3.05, 3.63) is 28.8 Å². The third-order valence-electron chi connectivity index (χ3n) is 2.31. The molecule has 2 N–H and O–H groups in total. The van der Waals surface area contributed by atoms with Crippen molar-refractivity contribution in [2.24, 2.45) is 0 Å². The van der Waals surface area contributed by atoms with E-state index in [1.165, 1.54) is 18.9 Å². The highest BCUT2D eigenvalue weighted by molar-refractivity contribution is 6.33. The second-order valence-electron chi connectivity index (χ2n) is 3.63. The van der Waals surface area contributed by atoms with Crippen molar-refractivity contribution < 1.29 is 9.90 Å². The fourth-order valence-corrected chi connectivity index (χ4v) is 1.64. The zero-order valence-electron chi connectivity index (χ0n) is 9.29. The van der Waals surface area contributed by atoms with Crippen LogP contribution in [0.25, 0.3) is 0 Å². The minimum Gasteiger partial charge on any atom is -0.478 e. The van der Waals surface area contributed by atoms with Crippen LogP contribution in [-0.4, -0.2) is 17.6 Å². The third kappa shape index (κ3) is 3.74. The van der Waals surface area contributed by atoms with Gasteiger partial charge in [0.15, 0.2) is 0 Å². The van der Waals surface area contributed by atoms with Crippen molar-refractivity contribution in [2.75, 3.05) is 11.9 Å². The number of carboxylic acid groups (broad SMARTS) is 1. The van der Waals surface area contributed by atoms with Crippen molar-refractivity contribution in [3.63, 3.8) is 0 Å². The normalized spacial score (nSPS) is 10.1. The Kier molecular flexibility index (Phi) is 5.12. The topological polar surface area (TPSA) is 49.3 Å². The fourth-order valence-electron chi connectivity index (χ4n) is 1.39. The first-order valence-electron chi connectivity index (χ1n) is 5.42. The zero-order chi connectivity index (χ0) is 12.0. The number of hydrogen-bond acceptors (Lipinski definition) is 2. The van der Waals surface area contributed by atoms with Gasteiger partial charge in [-0.15, -0.1) is 0 Å². The highest BCUT2D eigenvalue weighted by Crippen LogP contribution is 2.23. The number of aromatic carboxylic acids is 1. The molecule has 88 valence electrons. The van der Waals surface area contributed by atoms with E-state index in [4.69, 9.17) is 16.7 Å². The van der Waals surface area contributed by atoms with E-state index in [9.17, 15) is 4.79 Å². The van der Waals surface area contributed by atoms with E-state index in [0.717, 1.165) is 18.7 Å². The van der Waals surface area contributed by atoms with Gasteiger partial charge in [-0.2, -0.15) is 0 Å². The summed E-state index contributed by atoms with van der Waals surface area (Å²) in [5.41, 5.74) is 1.01. The van der Waals surface area contributed by atoms with Gasteiger partial charge in [-0.05, 0) is 24.6 Å². The largest absolute Gasteiger partial charge is 0.478 e. The SMILES string of the molecule is CCCCCNc1ccc(C(=O)O)cc1Cl. The van der Waals surface area contributed by atoms with Gasteiger partial charge < -0.3 is 10.4 Å². The van der Waals surface area contributed by atoms with Crippen molar-refractivity contribution in [1.29, 1.82) is 0 Å². The van der Waals surface area contributed by atoms with Gasteiger partial charge in [0, 0.05) is 6.54 Å². The lowest BCUT2D eigenvalue weighted by molar-refractivity contribution is 0.0697. The molecule has 0 bridgehead atoms. The first-order valence-corrected chi connectivity index (χ1v) is 5.79. The third-order valence-corrected chi connectivity index (χ3v) is 2.62. The summed E-state index contributed by atoms with van der Waals surface area (Å²) in [6.45, 7) is 3.01. The highest BCUT2D eigenvalue weighted by Gasteiger charge is 2.06. The van der Waals surface area contributed by atoms with Gasteiger partial charge in [0.2, 0.25) is 0 Å². The summed E-state index contributed by atoms with van der Waals surface area (Å²) in [5.74, 6) is -0.959. The molecule has 0 aliphatic carbocycles. The Bertz CT molecular complexity index is 366. The van der Waals surface area contributed by atoms with Crippen LogP contribution in [0, 0.1) is 0 Å². The standard InChI is InChI=1S/C12H16ClNO2/c1-2-3-4-7-14-11-6-5-9(12(15)16)8-10(11)13/h5-6,8,14H,2-4,7H2,1H3,(H,15,16). The molecule has 0 spiro atoms. The number of benzene rings is 1. The molecule has 0 unspecified atom stereocenters. The maximum absolute atomic E-state index is 10.7. The van der Waals surface area contributed by atoms with E-state index in [0.29, 0.717) is 5.02 Å². The first-order chi connectivity index (χ1) is 7.65. The number of carbonyl (C=O) groups is 1. The Morgan fingerprint density at radius 3 is 2.75 bits per heavy atom. The van der Waals surface area contributed by atoms with Gasteiger partial charge in [0.25, 0.3) is 0 Å². The number of halogens is 1. The predicted molar refractivity (Wildman–Crippen MR) is 66.4 cm³/mol. The van der Waals surface area contributed by atoms with Gasteiger partial charge in [0.1, 0.15) is 0 Å². The van der Waals surface area contributed by atoms with Crippen molar-refractivity contribution >= 4 is 23.3 Å². The minimum atomic E-state index is -0.959. The smallest absolute Gasteiger partial charge is 0.335 e. The van der Waals surface area contributed by atoms with Crippen LogP contribution in [0.3, 0.4) is 0 Å². The molecule has 0 saturated heterocycles. The summed E-state index contributed by atoms with van der Waals surface area (Å²) in [6.07, 6.45) is 3.44. The van der Waals surface area contributed by atoms with Crippen LogP contribution >= 0.6 is 11.6 Å². The van der Waals surface area contributed by atoms with Crippen LogP contribution in [-0.2, 0) is 0 Å². The highest BCUT2D eigenvalue weighted by atomic mass is 35.5. The maximum atomic E-state index is 10.7. The molecule has 0 aliphatic rings. The van der Waals surface area contributed by atoms with Gasteiger partial charge >= 0.3 is 5.97 Å². The van der Waals surface area contributed by atoms with E-state index in [1.54, 1.807) is 12.1 Å². The lowest BCUT2D eigenvalue weighted by atomic mass is 10.2. The average Bonchev–Trinajstić information content (AvgIpc) is 2.26. The predicted octanol–water partition coefficient (Wildman–Crippen LogP) is 3.64. The van der Waals surface area contributed by atoms with Crippen LogP contribution in [0.4, 0.5) is 5.69 Å². The summed E-state index contributed by atoms with van der Waals surface area (Å²) in [4.78, 5) is 10.7. The lowest BCUT2D eigenvalue weighted by Crippen LogP contribution is -2.03. The van der Waals surface area contributed by atoms with Crippen molar-refractivity contribution in [3.8, 4) is 0 Å². The Hall–Kier alpha value is -1.22. The molecule has 1 aromatic carbocycles. The number of nitrogens with one attached hydrogen (secondary N) is 1. The lowest BCUT2D eigenvalue weighted by Gasteiger charge is -2.08. The maximum Gasteiger partial charge on any atom is 0.335 e. The summed E-state index contributed by atoms with van der Waals surface area (Å²) in [6, 6.07) is 4.72. The molecular weight excluding hydrogens is 226 g/mol. The molecule has 1 aromatic rings. The summed E-state index contributed by atoms with van der Waals surface area (Å²) in [5, 5.41) is 12.4. The molecule has 4 heteroatoms. The Balaban J connectivity index is 2.57. The van der Waals surface area contributed by atoms with Gasteiger partial charge in [0.05, 0.1) is 16.3 Å². The molecule has 0 amide bonds. The summed E-state index contributed by atoms with van der Waals surface area (Å²) in [7, 11) is 0. The van der Waals surface area contributed by atoms with Crippen molar-refractivity contribution in [1.82, 2.24) is 0 Å². The molecule has 0 saturated carbocycles. The van der Waals surface area contributed by atoms with E-state index in [2.05, 4.69) is 12.2 Å². The van der Waals surface area contributed by atoms with Crippen molar-refractivity contribution in [2.45, 2.75) is 26.2 Å². The number of rotatable bonds is 6. The van der Waals surface area contributed by atoms with E-state index in [1.807, 2.05) is 0 Å². The molecule has 0 heterocycles. The van der Waals surface area contributed by atoms with E-state index < -0.39 is 5.97 Å². The molecule has 0 aliphatic heterocycles. The molecule has 16 heavy (non-hydrogen) atoms. The second-order valence-corrected chi connectivity index (χ2v) is 4.04. The van der Waals surface area contributed by atoms with Crippen LogP contribution in [0.15, 0.2) is 18.2 Å². The molecule has 3 nitrogen and oxygen atoms in total. The Morgan fingerprint density at radius 1 is 1.44 bits per heavy atom. The Labute approximate surface area is 100 Å².